The van der Waals surface area contributed by atoms with E-state index >= 15 is 0 Å². The van der Waals surface area contributed by atoms with Crippen LogP contribution in [-0.4, -0.2) is 48.8 Å². The van der Waals surface area contributed by atoms with E-state index in [9.17, 15) is 4.79 Å². The van der Waals surface area contributed by atoms with E-state index in [2.05, 4.69) is 23.6 Å². The minimum Gasteiger partial charge on any atom is -0.372 e. The zero-order valence-electron chi connectivity index (χ0n) is 12.6. The molecule has 1 aliphatic heterocycles. The van der Waals surface area contributed by atoms with Crippen LogP contribution in [0, 0.1) is 5.92 Å². The van der Waals surface area contributed by atoms with E-state index in [1.807, 2.05) is 0 Å². The van der Waals surface area contributed by atoms with E-state index in [1.165, 1.54) is 0 Å². The molecule has 0 radical (unpaired) electrons. The fourth-order valence-electron chi connectivity index (χ4n) is 3.80. The molecule has 0 aromatic heterocycles. The van der Waals surface area contributed by atoms with Crippen molar-refractivity contribution in [3.05, 3.63) is 24.8 Å². The Morgan fingerprint density at radius 1 is 1.43 bits per heavy atom. The molecule has 116 valence electrons. The average molecular weight is 291 g/mol. The largest absolute Gasteiger partial charge is 0.372 e. The van der Waals surface area contributed by atoms with Crippen molar-refractivity contribution in [1.82, 2.24) is 4.90 Å². The number of hydrogen-bond donors (Lipinski definition) is 0. The van der Waals surface area contributed by atoms with Gasteiger partial charge in [-0.3, -0.25) is 4.79 Å². The van der Waals surface area contributed by atoms with Crippen LogP contribution < -0.4 is 0 Å². The molecule has 4 atom stereocenters. The van der Waals surface area contributed by atoms with Crippen LogP contribution >= 0.6 is 0 Å². The molecule has 0 spiro atoms. The number of allylic oxidation sites excluding steroid dienone is 2. The minimum absolute atomic E-state index is 0.0433. The lowest BCUT2D eigenvalue weighted by atomic mass is 10.0. The summed E-state index contributed by atoms with van der Waals surface area (Å²) in [7, 11) is 0. The predicted octanol–water partition coefficient (Wildman–Crippen LogP) is 2.30. The van der Waals surface area contributed by atoms with Crippen LogP contribution in [0.4, 0.5) is 0 Å². The van der Waals surface area contributed by atoms with Crippen molar-refractivity contribution < 1.29 is 14.3 Å². The van der Waals surface area contributed by atoms with Gasteiger partial charge in [0.2, 0.25) is 5.91 Å². The molecular formula is C17H25NO3. The maximum Gasteiger partial charge on any atom is 0.223 e. The Hall–Kier alpha value is -1.13. The molecule has 3 rings (SSSR count). The molecule has 0 aromatic carbocycles. The van der Waals surface area contributed by atoms with E-state index in [4.69, 9.17) is 9.47 Å². The standard InChI is InChI=1S/C17H25NO3/c1-2-10-20-15-8-7-14-17(15)21-11-9-18(14)16(19)12-13-5-3-4-6-13/h2-3,5,13-15,17H,1,4,6-12H2/t13-,14+,15-,17-/m1/s1. The topological polar surface area (TPSA) is 38.8 Å². The van der Waals surface area contributed by atoms with Gasteiger partial charge in [-0.05, 0) is 31.6 Å². The number of ether oxygens (including phenoxy) is 2. The molecule has 0 bridgehead atoms. The maximum atomic E-state index is 12.6. The lowest BCUT2D eigenvalue weighted by Gasteiger charge is -2.39. The van der Waals surface area contributed by atoms with Crippen LogP contribution in [0.2, 0.25) is 0 Å². The summed E-state index contributed by atoms with van der Waals surface area (Å²) < 4.78 is 11.7. The third-order valence-electron chi connectivity index (χ3n) is 4.83. The predicted molar refractivity (Wildman–Crippen MR) is 80.9 cm³/mol. The molecule has 3 aliphatic rings. The second kappa shape index (κ2) is 6.75. The van der Waals surface area contributed by atoms with Crippen molar-refractivity contribution in [2.75, 3.05) is 19.8 Å². The summed E-state index contributed by atoms with van der Waals surface area (Å²) in [5, 5.41) is 0. The SMILES string of the molecule is C=CCO[C@@H]1CC[C@H]2[C@H]1OCCN2C(=O)C[C@@H]1C=CCC1. The van der Waals surface area contributed by atoms with E-state index in [0.29, 0.717) is 25.6 Å². The number of fused-ring (bicyclic) bond motifs is 1. The summed E-state index contributed by atoms with van der Waals surface area (Å²) in [6.07, 6.45) is 11.1. The van der Waals surface area contributed by atoms with Crippen molar-refractivity contribution in [3.8, 4) is 0 Å². The second-order valence-electron chi connectivity index (χ2n) is 6.20. The highest BCUT2D eigenvalue weighted by atomic mass is 16.5. The van der Waals surface area contributed by atoms with Crippen LogP contribution in [0.1, 0.15) is 32.1 Å². The zero-order chi connectivity index (χ0) is 14.7. The van der Waals surface area contributed by atoms with E-state index in [-0.39, 0.29) is 24.2 Å². The van der Waals surface area contributed by atoms with Gasteiger partial charge in [0.1, 0.15) is 6.10 Å². The van der Waals surface area contributed by atoms with Gasteiger partial charge in [-0.25, -0.2) is 0 Å². The van der Waals surface area contributed by atoms with E-state index < -0.39 is 0 Å². The first-order valence-electron chi connectivity index (χ1n) is 8.10. The number of rotatable bonds is 5. The summed E-state index contributed by atoms with van der Waals surface area (Å²) in [5.74, 6) is 0.724. The summed E-state index contributed by atoms with van der Waals surface area (Å²) in [4.78, 5) is 14.7. The third-order valence-corrected chi connectivity index (χ3v) is 4.83. The van der Waals surface area contributed by atoms with Crippen molar-refractivity contribution in [1.29, 1.82) is 0 Å². The number of carbonyl (C=O) groups excluding carboxylic acids is 1. The van der Waals surface area contributed by atoms with Crippen LogP contribution in [0.5, 0.6) is 0 Å². The highest BCUT2D eigenvalue weighted by Gasteiger charge is 2.44. The van der Waals surface area contributed by atoms with Gasteiger partial charge < -0.3 is 14.4 Å². The molecule has 2 fully saturated rings. The molecule has 1 saturated heterocycles. The number of carbonyl (C=O) groups is 1. The first kappa shape index (κ1) is 14.8. The molecule has 0 aromatic rings. The second-order valence-corrected chi connectivity index (χ2v) is 6.20. The quantitative estimate of drug-likeness (QED) is 0.730. The van der Waals surface area contributed by atoms with Gasteiger partial charge in [0.25, 0.3) is 0 Å². The molecule has 4 nitrogen and oxygen atoms in total. The number of amides is 1. The Bertz CT molecular complexity index is 420. The molecular weight excluding hydrogens is 266 g/mol. The van der Waals surface area contributed by atoms with Crippen LogP contribution in [0.25, 0.3) is 0 Å². The Balaban J connectivity index is 1.59. The highest BCUT2D eigenvalue weighted by Crippen LogP contribution is 2.33. The fraction of sp³-hybridized carbons (Fsp3) is 0.706. The van der Waals surface area contributed by atoms with E-state index in [0.717, 1.165) is 32.2 Å². The van der Waals surface area contributed by atoms with Crippen molar-refractivity contribution in [2.45, 2.75) is 50.4 Å². The smallest absolute Gasteiger partial charge is 0.223 e. The van der Waals surface area contributed by atoms with Crippen molar-refractivity contribution in [3.63, 3.8) is 0 Å². The van der Waals surface area contributed by atoms with Gasteiger partial charge in [0.05, 0.1) is 25.4 Å². The number of hydrogen-bond acceptors (Lipinski definition) is 3. The fourth-order valence-corrected chi connectivity index (χ4v) is 3.80. The Morgan fingerprint density at radius 2 is 2.33 bits per heavy atom. The molecule has 1 heterocycles. The monoisotopic (exact) mass is 291 g/mol. The number of nitrogens with zero attached hydrogens (tertiary/aromatic N) is 1. The number of morpholine rings is 1. The van der Waals surface area contributed by atoms with Gasteiger partial charge in [-0.1, -0.05) is 18.2 Å². The van der Waals surface area contributed by atoms with E-state index in [1.54, 1.807) is 6.08 Å². The summed E-state index contributed by atoms with van der Waals surface area (Å²) >= 11 is 0. The van der Waals surface area contributed by atoms with Gasteiger partial charge in [-0.15, -0.1) is 6.58 Å². The Kier molecular flexibility index (Phi) is 4.76. The first-order chi connectivity index (χ1) is 10.3. The molecule has 21 heavy (non-hydrogen) atoms. The summed E-state index contributed by atoms with van der Waals surface area (Å²) in [6.45, 7) is 5.60. The van der Waals surface area contributed by atoms with Gasteiger partial charge in [-0.2, -0.15) is 0 Å². The maximum absolute atomic E-state index is 12.6. The summed E-state index contributed by atoms with van der Waals surface area (Å²) in [5.41, 5.74) is 0. The highest BCUT2D eigenvalue weighted by molar-refractivity contribution is 5.77. The van der Waals surface area contributed by atoms with Crippen LogP contribution in [0.3, 0.4) is 0 Å². The Morgan fingerprint density at radius 3 is 3.10 bits per heavy atom. The molecule has 2 aliphatic carbocycles. The van der Waals surface area contributed by atoms with Gasteiger partial charge in [0, 0.05) is 13.0 Å². The lowest BCUT2D eigenvalue weighted by molar-refractivity contribution is -0.151. The van der Waals surface area contributed by atoms with Gasteiger partial charge in [0.15, 0.2) is 0 Å². The molecule has 4 heteroatoms. The molecule has 1 amide bonds. The normalized spacial score (nSPS) is 35.0. The van der Waals surface area contributed by atoms with Crippen molar-refractivity contribution in [2.24, 2.45) is 5.92 Å². The minimum atomic E-state index is 0.0433. The lowest BCUT2D eigenvalue weighted by Crippen LogP contribution is -2.54. The average Bonchev–Trinajstić information content (AvgIpc) is 3.14. The Labute approximate surface area is 126 Å². The van der Waals surface area contributed by atoms with Gasteiger partial charge >= 0.3 is 0 Å². The van der Waals surface area contributed by atoms with Crippen molar-refractivity contribution >= 4 is 5.91 Å². The summed E-state index contributed by atoms with van der Waals surface area (Å²) in [6, 6.07) is 0.200. The molecule has 0 N–H and O–H groups in total. The molecule has 0 unspecified atom stereocenters. The van der Waals surface area contributed by atoms with Crippen LogP contribution in [0.15, 0.2) is 24.8 Å². The first-order valence-corrected chi connectivity index (χ1v) is 8.10. The zero-order valence-corrected chi connectivity index (χ0v) is 12.6. The van der Waals surface area contributed by atoms with Crippen LogP contribution in [-0.2, 0) is 14.3 Å². The molecule has 1 saturated carbocycles. The third kappa shape index (κ3) is 3.22.